The molecule has 0 aliphatic heterocycles. The highest BCUT2D eigenvalue weighted by Gasteiger charge is 2.30. The number of rotatable bonds is 6. The van der Waals surface area contributed by atoms with E-state index in [0.29, 0.717) is 34.2 Å². The van der Waals surface area contributed by atoms with Gasteiger partial charge in [-0.3, -0.25) is 10.1 Å². The van der Waals surface area contributed by atoms with Crippen molar-refractivity contribution in [1.29, 1.82) is 0 Å². The molecule has 0 bridgehead atoms. The Bertz CT molecular complexity index is 1540. The van der Waals surface area contributed by atoms with E-state index < -0.39 is 45.6 Å². The van der Waals surface area contributed by atoms with Crippen molar-refractivity contribution in [3.8, 4) is 23.0 Å². The second-order valence-electron chi connectivity index (χ2n) is 8.39. The number of ether oxygens (including phenoxy) is 2. The Morgan fingerprint density at radius 1 is 0.974 bits per heavy atom. The Balaban J connectivity index is 1.60. The molecular formula is C26H21F4N3O4S. The van der Waals surface area contributed by atoms with Gasteiger partial charge in [0.1, 0.15) is 16.8 Å². The van der Waals surface area contributed by atoms with Crippen molar-refractivity contribution in [2.75, 3.05) is 19.5 Å². The van der Waals surface area contributed by atoms with Crippen LogP contribution in [-0.2, 0) is 0 Å². The number of nitrogens with one attached hydrogen (secondary N) is 2. The van der Waals surface area contributed by atoms with Crippen LogP contribution in [0.2, 0.25) is 0 Å². The molecule has 0 radical (unpaired) electrons. The number of amides is 1. The average molecular weight is 548 g/mol. The molecule has 0 aliphatic carbocycles. The van der Waals surface area contributed by atoms with Gasteiger partial charge in [-0.05, 0) is 54.0 Å². The summed E-state index contributed by atoms with van der Waals surface area (Å²) >= 11 is 5.08. The van der Waals surface area contributed by atoms with Crippen LogP contribution in [0.25, 0.3) is 22.6 Å². The first-order valence-corrected chi connectivity index (χ1v) is 11.6. The van der Waals surface area contributed by atoms with Gasteiger partial charge >= 0.3 is 0 Å². The molecule has 1 aromatic heterocycles. The fourth-order valence-corrected chi connectivity index (χ4v) is 3.88. The minimum atomic E-state index is -1.93. The highest BCUT2D eigenvalue weighted by Crippen LogP contribution is 2.33. The van der Waals surface area contributed by atoms with Crippen LogP contribution in [0.5, 0.6) is 11.5 Å². The molecule has 0 fully saturated rings. The van der Waals surface area contributed by atoms with Crippen LogP contribution in [0.1, 0.15) is 35.7 Å². The molecule has 0 saturated heterocycles. The molecule has 1 amide bonds. The number of carbonyl (C=O) groups is 1. The average Bonchev–Trinajstić information content (AvgIpc) is 3.31. The van der Waals surface area contributed by atoms with Crippen molar-refractivity contribution in [3.05, 3.63) is 70.8 Å². The zero-order valence-electron chi connectivity index (χ0n) is 20.5. The van der Waals surface area contributed by atoms with Gasteiger partial charge in [-0.1, -0.05) is 19.9 Å². The summed E-state index contributed by atoms with van der Waals surface area (Å²) in [6.45, 7) is 4.13. The Morgan fingerprint density at radius 2 is 1.66 bits per heavy atom. The Labute approximate surface area is 219 Å². The zero-order chi connectivity index (χ0) is 27.7. The highest BCUT2D eigenvalue weighted by atomic mass is 32.1. The third-order valence-corrected chi connectivity index (χ3v) is 5.86. The topological polar surface area (TPSA) is 85.6 Å². The molecule has 1 heterocycles. The molecule has 0 atom stereocenters. The van der Waals surface area contributed by atoms with E-state index in [0.717, 1.165) is 12.7 Å². The van der Waals surface area contributed by atoms with Gasteiger partial charge in [0, 0.05) is 5.56 Å². The number of oxazole rings is 1. The summed E-state index contributed by atoms with van der Waals surface area (Å²) in [6.07, 6.45) is 0. The maximum absolute atomic E-state index is 14.3. The largest absolute Gasteiger partial charge is 0.495 e. The molecule has 2 N–H and O–H groups in total. The van der Waals surface area contributed by atoms with Gasteiger partial charge in [-0.15, -0.1) is 0 Å². The van der Waals surface area contributed by atoms with E-state index in [1.165, 1.54) is 7.11 Å². The molecule has 0 unspecified atom stereocenters. The van der Waals surface area contributed by atoms with Crippen LogP contribution in [-0.4, -0.2) is 30.2 Å². The second kappa shape index (κ2) is 10.7. The van der Waals surface area contributed by atoms with Gasteiger partial charge in [-0.2, -0.15) is 8.78 Å². The Hall–Kier alpha value is -4.19. The number of hydrogen-bond acceptors (Lipinski definition) is 6. The lowest BCUT2D eigenvalue weighted by Gasteiger charge is -2.15. The number of aromatic nitrogens is 1. The van der Waals surface area contributed by atoms with Crippen molar-refractivity contribution in [1.82, 2.24) is 10.3 Å². The number of methoxy groups -OCH3 is 2. The van der Waals surface area contributed by atoms with Gasteiger partial charge in [0.15, 0.2) is 28.1 Å². The number of thiocarbonyl (C=S) groups is 1. The summed E-state index contributed by atoms with van der Waals surface area (Å²) in [7, 11) is 2.22. The van der Waals surface area contributed by atoms with Crippen LogP contribution in [0.4, 0.5) is 23.2 Å². The maximum atomic E-state index is 14.3. The molecule has 12 heteroatoms. The fourth-order valence-electron chi connectivity index (χ4n) is 3.68. The minimum Gasteiger partial charge on any atom is -0.495 e. The molecule has 3 aromatic carbocycles. The van der Waals surface area contributed by atoms with Gasteiger partial charge < -0.3 is 19.2 Å². The molecular weight excluding hydrogens is 526 g/mol. The molecule has 4 aromatic rings. The van der Waals surface area contributed by atoms with E-state index in [2.05, 4.69) is 28.9 Å². The van der Waals surface area contributed by atoms with Gasteiger partial charge in [0.05, 0.1) is 19.9 Å². The monoisotopic (exact) mass is 547 g/mol. The molecule has 7 nitrogen and oxygen atoms in total. The summed E-state index contributed by atoms with van der Waals surface area (Å²) in [5.41, 5.74) is 1.62. The van der Waals surface area contributed by atoms with Crippen LogP contribution < -0.4 is 20.1 Å². The number of fused-ring (bicyclic) bond motifs is 1. The van der Waals surface area contributed by atoms with Gasteiger partial charge in [0.2, 0.25) is 17.5 Å². The summed E-state index contributed by atoms with van der Waals surface area (Å²) in [5.74, 6) is -9.49. The van der Waals surface area contributed by atoms with Crippen molar-refractivity contribution in [3.63, 3.8) is 0 Å². The molecule has 0 spiro atoms. The number of anilines is 1. The molecule has 0 saturated carbocycles. The normalized spacial score (nSPS) is 11.1. The lowest BCUT2D eigenvalue weighted by Crippen LogP contribution is -2.35. The predicted molar refractivity (Wildman–Crippen MR) is 137 cm³/mol. The molecule has 0 aliphatic rings. The van der Waals surface area contributed by atoms with Crippen LogP contribution in [0, 0.1) is 23.3 Å². The fraction of sp³-hybridized carbons (Fsp3) is 0.192. The van der Waals surface area contributed by atoms with Crippen LogP contribution in [0.3, 0.4) is 0 Å². The van der Waals surface area contributed by atoms with Gasteiger partial charge in [-0.25, -0.2) is 13.8 Å². The summed E-state index contributed by atoms with van der Waals surface area (Å²) < 4.78 is 72.2. The third-order valence-electron chi connectivity index (χ3n) is 5.65. The first kappa shape index (κ1) is 26.9. The second-order valence-corrected chi connectivity index (χ2v) is 8.80. The van der Waals surface area contributed by atoms with E-state index >= 15 is 0 Å². The van der Waals surface area contributed by atoms with Crippen LogP contribution >= 0.6 is 12.2 Å². The zero-order valence-corrected chi connectivity index (χ0v) is 21.4. The number of hydrogen-bond donors (Lipinski definition) is 2. The smallest absolute Gasteiger partial charge is 0.263 e. The Kier molecular flexibility index (Phi) is 7.53. The van der Waals surface area contributed by atoms with E-state index in [1.807, 2.05) is 23.5 Å². The quantitative estimate of drug-likeness (QED) is 0.166. The Morgan fingerprint density at radius 3 is 2.26 bits per heavy atom. The van der Waals surface area contributed by atoms with Crippen molar-refractivity contribution in [2.45, 2.75) is 19.8 Å². The van der Waals surface area contributed by atoms with E-state index in [1.54, 1.807) is 18.2 Å². The van der Waals surface area contributed by atoms with E-state index in [4.69, 9.17) is 21.4 Å². The number of nitrogens with zero attached hydrogens (tertiary/aromatic N) is 1. The first-order chi connectivity index (χ1) is 18.0. The van der Waals surface area contributed by atoms with Crippen molar-refractivity contribution in [2.24, 2.45) is 0 Å². The predicted octanol–water partition coefficient (Wildman–Crippen LogP) is 6.32. The number of carbonyl (C=O) groups excluding carboxylic acids is 1. The third kappa shape index (κ3) is 4.99. The lowest BCUT2D eigenvalue weighted by atomic mass is 10.0. The lowest BCUT2D eigenvalue weighted by molar-refractivity contribution is 0.0966. The van der Waals surface area contributed by atoms with E-state index in [9.17, 15) is 22.4 Å². The molecule has 4 rings (SSSR count). The van der Waals surface area contributed by atoms with Gasteiger partial charge in [0.25, 0.3) is 5.91 Å². The SMILES string of the molecule is COc1ccc(-c2nc3cc(C(C)C)ccc3o2)cc1NC(=S)NC(=O)c1c(F)c(F)c(OC)c(F)c1F. The molecule has 38 heavy (non-hydrogen) atoms. The van der Waals surface area contributed by atoms with Crippen LogP contribution in [0.15, 0.2) is 40.8 Å². The minimum absolute atomic E-state index is 0.244. The summed E-state index contributed by atoms with van der Waals surface area (Å²) in [4.78, 5) is 17.0. The highest BCUT2D eigenvalue weighted by molar-refractivity contribution is 7.80. The number of benzene rings is 3. The van der Waals surface area contributed by atoms with Crippen molar-refractivity contribution >= 4 is 40.0 Å². The summed E-state index contributed by atoms with van der Waals surface area (Å²) in [5, 5.41) is 4.24. The van der Waals surface area contributed by atoms with Crippen molar-refractivity contribution < 1.29 is 36.2 Å². The first-order valence-electron chi connectivity index (χ1n) is 11.2. The number of halogens is 4. The maximum Gasteiger partial charge on any atom is 0.263 e. The standard InChI is InChI=1S/C26H21F4N3O4S/c1-11(2)12-5-8-17-15(9-12)31-25(37-17)13-6-7-16(35-3)14(10-13)32-26(38)33-24(34)18-19(27)21(29)23(36-4)22(30)20(18)28/h5-11H,1-4H3,(H2,32,33,34,38). The van der Waals surface area contributed by atoms with E-state index in [-0.39, 0.29) is 5.69 Å². The molecule has 198 valence electrons. The summed E-state index contributed by atoms with van der Waals surface area (Å²) in [6, 6.07) is 10.6.